The highest BCUT2D eigenvalue weighted by Crippen LogP contribution is 2.16. The second-order valence-electron chi connectivity index (χ2n) is 5.28. The maximum absolute atomic E-state index is 12.8. The van der Waals surface area contributed by atoms with Crippen molar-refractivity contribution in [2.24, 2.45) is 0 Å². The van der Waals surface area contributed by atoms with Crippen LogP contribution in [0.2, 0.25) is 0 Å². The van der Waals surface area contributed by atoms with Crippen LogP contribution in [0.15, 0.2) is 42.5 Å². The van der Waals surface area contributed by atoms with Gasteiger partial charge in [0.05, 0.1) is 12.4 Å². The van der Waals surface area contributed by atoms with Gasteiger partial charge in [0.25, 0.3) is 0 Å². The van der Waals surface area contributed by atoms with Crippen LogP contribution in [0.25, 0.3) is 0 Å². The van der Waals surface area contributed by atoms with Gasteiger partial charge in [-0.2, -0.15) is 0 Å². The van der Waals surface area contributed by atoms with E-state index in [1.54, 1.807) is 12.1 Å². The molecule has 0 aliphatic rings. The first-order valence-corrected chi connectivity index (χ1v) is 8.52. The minimum atomic E-state index is -0.319. The third kappa shape index (κ3) is 6.32. The Morgan fingerprint density at radius 2 is 1.78 bits per heavy atom. The fourth-order valence-electron chi connectivity index (χ4n) is 2.13. The standard InChI is InChI=1S/C18H20FNO2S/c1-13-9-14(2)11-17(10-13)22-7-8-23-12-18(21)20-16-5-3-15(19)4-6-16/h3-6,9-11H,7-8,12H2,1-2H3,(H,20,21). The predicted octanol–water partition coefficient (Wildman–Crippen LogP) is 4.19. The molecule has 3 nitrogen and oxygen atoms in total. The van der Waals surface area contributed by atoms with Crippen LogP contribution in [-0.4, -0.2) is 24.0 Å². The van der Waals surface area contributed by atoms with E-state index >= 15 is 0 Å². The third-order valence-corrected chi connectivity index (χ3v) is 3.97. The summed E-state index contributed by atoms with van der Waals surface area (Å²) in [7, 11) is 0. The van der Waals surface area contributed by atoms with Gasteiger partial charge in [-0.3, -0.25) is 4.79 Å². The summed E-state index contributed by atoms with van der Waals surface area (Å²) in [6.07, 6.45) is 0. The van der Waals surface area contributed by atoms with Crippen molar-refractivity contribution < 1.29 is 13.9 Å². The minimum absolute atomic E-state index is 0.104. The molecule has 2 aromatic carbocycles. The number of nitrogens with one attached hydrogen (secondary N) is 1. The van der Waals surface area contributed by atoms with E-state index in [2.05, 4.69) is 11.4 Å². The molecule has 0 fully saturated rings. The van der Waals surface area contributed by atoms with Crippen LogP contribution in [0.1, 0.15) is 11.1 Å². The first-order chi connectivity index (χ1) is 11.0. The molecule has 0 aliphatic heterocycles. The van der Waals surface area contributed by atoms with E-state index in [0.29, 0.717) is 18.0 Å². The Morgan fingerprint density at radius 1 is 1.13 bits per heavy atom. The molecule has 2 rings (SSSR count). The molecule has 0 heterocycles. The van der Waals surface area contributed by atoms with Gasteiger partial charge in [0.2, 0.25) is 5.91 Å². The normalized spacial score (nSPS) is 10.4. The number of thioether (sulfide) groups is 1. The average Bonchev–Trinajstić information content (AvgIpc) is 2.48. The van der Waals surface area contributed by atoms with E-state index in [9.17, 15) is 9.18 Å². The predicted molar refractivity (Wildman–Crippen MR) is 93.8 cm³/mol. The zero-order chi connectivity index (χ0) is 16.7. The van der Waals surface area contributed by atoms with E-state index in [0.717, 1.165) is 11.5 Å². The van der Waals surface area contributed by atoms with Gasteiger partial charge in [-0.25, -0.2) is 4.39 Å². The van der Waals surface area contributed by atoms with Gasteiger partial charge in [0, 0.05) is 11.4 Å². The molecule has 122 valence electrons. The number of halogens is 1. The number of ether oxygens (including phenoxy) is 1. The van der Waals surface area contributed by atoms with Crippen molar-refractivity contribution in [3.63, 3.8) is 0 Å². The molecular weight excluding hydrogens is 313 g/mol. The molecule has 0 aromatic heterocycles. The molecule has 1 amide bonds. The van der Waals surface area contributed by atoms with Crippen LogP contribution in [-0.2, 0) is 4.79 Å². The largest absolute Gasteiger partial charge is 0.493 e. The molecule has 5 heteroatoms. The number of benzene rings is 2. The number of carbonyl (C=O) groups is 1. The van der Waals surface area contributed by atoms with Crippen molar-refractivity contribution in [1.82, 2.24) is 0 Å². The van der Waals surface area contributed by atoms with E-state index < -0.39 is 0 Å². The SMILES string of the molecule is Cc1cc(C)cc(OCCSCC(=O)Nc2ccc(F)cc2)c1. The lowest BCUT2D eigenvalue weighted by Crippen LogP contribution is -2.15. The molecule has 0 aliphatic carbocycles. The van der Waals surface area contributed by atoms with Crippen LogP contribution in [0.4, 0.5) is 10.1 Å². The second kappa shape index (κ2) is 8.58. The fraction of sp³-hybridized carbons (Fsp3) is 0.278. The Morgan fingerprint density at radius 3 is 2.43 bits per heavy atom. The van der Waals surface area contributed by atoms with E-state index in [1.165, 1.54) is 35.0 Å². The van der Waals surface area contributed by atoms with Gasteiger partial charge >= 0.3 is 0 Å². The van der Waals surface area contributed by atoms with E-state index in [1.807, 2.05) is 26.0 Å². The first kappa shape index (κ1) is 17.3. The maximum Gasteiger partial charge on any atom is 0.234 e. The van der Waals surface area contributed by atoms with Gasteiger partial charge in [-0.15, -0.1) is 11.8 Å². The lowest BCUT2D eigenvalue weighted by atomic mass is 10.1. The number of hydrogen-bond acceptors (Lipinski definition) is 3. The number of anilines is 1. The van der Waals surface area contributed by atoms with Crippen LogP contribution in [0.3, 0.4) is 0 Å². The lowest BCUT2D eigenvalue weighted by Gasteiger charge is -2.08. The Labute approximate surface area is 140 Å². The van der Waals surface area contributed by atoms with Crippen molar-refractivity contribution in [3.05, 3.63) is 59.4 Å². The summed E-state index contributed by atoms with van der Waals surface area (Å²) in [6.45, 7) is 4.63. The molecule has 0 saturated carbocycles. The Balaban J connectivity index is 1.65. The van der Waals surface area contributed by atoms with Gasteiger partial charge < -0.3 is 10.1 Å². The van der Waals surface area contributed by atoms with Crippen molar-refractivity contribution in [1.29, 1.82) is 0 Å². The molecule has 0 spiro atoms. The Bertz CT molecular complexity index is 638. The highest BCUT2D eigenvalue weighted by molar-refractivity contribution is 7.99. The highest BCUT2D eigenvalue weighted by Gasteiger charge is 2.03. The number of rotatable bonds is 7. The number of aryl methyl sites for hydroxylation is 2. The highest BCUT2D eigenvalue weighted by atomic mass is 32.2. The van der Waals surface area contributed by atoms with E-state index in [-0.39, 0.29) is 11.7 Å². The zero-order valence-corrected chi connectivity index (χ0v) is 14.1. The summed E-state index contributed by atoms with van der Waals surface area (Å²) >= 11 is 1.50. The summed E-state index contributed by atoms with van der Waals surface area (Å²) in [5.41, 5.74) is 2.95. The van der Waals surface area contributed by atoms with Gasteiger partial charge in [0.1, 0.15) is 11.6 Å². The average molecular weight is 333 g/mol. The van der Waals surface area contributed by atoms with Crippen molar-refractivity contribution >= 4 is 23.4 Å². The molecule has 2 aromatic rings. The quantitative estimate of drug-likeness (QED) is 0.772. The summed E-state index contributed by atoms with van der Waals surface area (Å²) in [4.78, 5) is 11.8. The summed E-state index contributed by atoms with van der Waals surface area (Å²) in [6, 6.07) is 11.8. The molecule has 0 atom stereocenters. The lowest BCUT2D eigenvalue weighted by molar-refractivity contribution is -0.113. The molecule has 1 N–H and O–H groups in total. The van der Waals surface area contributed by atoms with Crippen LogP contribution >= 0.6 is 11.8 Å². The van der Waals surface area contributed by atoms with Gasteiger partial charge in [-0.05, 0) is 61.4 Å². The minimum Gasteiger partial charge on any atom is -0.493 e. The topological polar surface area (TPSA) is 38.3 Å². The molecule has 0 radical (unpaired) electrons. The van der Waals surface area contributed by atoms with Crippen LogP contribution in [0, 0.1) is 19.7 Å². The van der Waals surface area contributed by atoms with E-state index in [4.69, 9.17) is 4.74 Å². The monoisotopic (exact) mass is 333 g/mol. The number of carbonyl (C=O) groups excluding carboxylic acids is 1. The fourth-order valence-corrected chi connectivity index (χ4v) is 2.73. The first-order valence-electron chi connectivity index (χ1n) is 7.37. The number of hydrogen-bond donors (Lipinski definition) is 1. The van der Waals surface area contributed by atoms with Crippen LogP contribution < -0.4 is 10.1 Å². The summed E-state index contributed by atoms with van der Waals surface area (Å²) in [5, 5.41) is 2.73. The molecule has 23 heavy (non-hydrogen) atoms. The number of amides is 1. The third-order valence-electron chi connectivity index (χ3n) is 3.05. The second-order valence-corrected chi connectivity index (χ2v) is 6.38. The summed E-state index contributed by atoms with van der Waals surface area (Å²) in [5.74, 6) is 1.50. The van der Waals surface area contributed by atoms with Crippen molar-refractivity contribution in [2.75, 3.05) is 23.4 Å². The van der Waals surface area contributed by atoms with Crippen molar-refractivity contribution in [2.45, 2.75) is 13.8 Å². The molecule has 0 bridgehead atoms. The molecule has 0 saturated heterocycles. The van der Waals surface area contributed by atoms with Gasteiger partial charge in [-0.1, -0.05) is 6.07 Å². The Hall–Kier alpha value is -2.01. The zero-order valence-electron chi connectivity index (χ0n) is 13.3. The smallest absolute Gasteiger partial charge is 0.234 e. The van der Waals surface area contributed by atoms with Crippen LogP contribution in [0.5, 0.6) is 5.75 Å². The van der Waals surface area contributed by atoms with Crippen molar-refractivity contribution in [3.8, 4) is 5.75 Å². The maximum atomic E-state index is 12.8. The summed E-state index contributed by atoms with van der Waals surface area (Å²) < 4.78 is 18.5. The Kier molecular flexibility index (Phi) is 6.47. The van der Waals surface area contributed by atoms with Gasteiger partial charge in [0.15, 0.2) is 0 Å². The molecular formula is C18H20FNO2S. The molecule has 0 unspecified atom stereocenters.